The molecule has 3 rings (SSSR count). The summed E-state index contributed by atoms with van der Waals surface area (Å²) in [7, 11) is 1.94. The third kappa shape index (κ3) is 3.18. The highest BCUT2D eigenvalue weighted by Gasteiger charge is 2.43. The minimum absolute atomic E-state index is 0.0389. The van der Waals surface area contributed by atoms with E-state index in [2.05, 4.69) is 72.1 Å². The van der Waals surface area contributed by atoms with Crippen molar-refractivity contribution >= 4 is 53.7 Å². The molecule has 5 heteroatoms. The molecule has 2 aliphatic carbocycles. The van der Waals surface area contributed by atoms with Crippen LogP contribution >= 0.6 is 47.8 Å². The number of benzene rings is 1. The molecule has 0 saturated heterocycles. The molecule has 1 saturated carbocycles. The summed E-state index contributed by atoms with van der Waals surface area (Å²) in [6.07, 6.45) is 5.87. The summed E-state index contributed by atoms with van der Waals surface area (Å²) in [5.41, 5.74) is 3.03. The Morgan fingerprint density at radius 2 is 1.91 bits per heavy atom. The van der Waals surface area contributed by atoms with Gasteiger partial charge in [-0.2, -0.15) is 0 Å². The summed E-state index contributed by atoms with van der Waals surface area (Å²) < 4.78 is -0.846. The molecule has 2 aliphatic rings. The maximum absolute atomic E-state index is 12.6. The van der Waals surface area contributed by atoms with Crippen molar-refractivity contribution in [3.63, 3.8) is 0 Å². The SMILES string of the molecule is CN(C(=O)C(Br)(Br)Br)C1CCCC2c3ccccc3CCC21. The van der Waals surface area contributed by atoms with Crippen molar-refractivity contribution in [3.05, 3.63) is 35.4 Å². The molecule has 0 spiro atoms. The lowest BCUT2D eigenvalue weighted by Gasteiger charge is -2.46. The first kappa shape index (κ1) is 17.0. The van der Waals surface area contributed by atoms with Gasteiger partial charge < -0.3 is 4.90 Å². The van der Waals surface area contributed by atoms with Crippen LogP contribution < -0.4 is 0 Å². The van der Waals surface area contributed by atoms with E-state index in [1.807, 2.05) is 11.9 Å². The van der Waals surface area contributed by atoms with E-state index in [9.17, 15) is 4.79 Å². The van der Waals surface area contributed by atoms with Gasteiger partial charge in [0.1, 0.15) is 0 Å². The summed E-state index contributed by atoms with van der Waals surface area (Å²) in [5, 5.41) is 0. The summed E-state index contributed by atoms with van der Waals surface area (Å²) in [4.78, 5) is 14.5. The van der Waals surface area contributed by atoms with Crippen molar-refractivity contribution in [2.75, 3.05) is 7.05 Å². The smallest absolute Gasteiger partial charge is 0.261 e. The fourth-order valence-electron chi connectivity index (χ4n) is 4.30. The lowest BCUT2D eigenvalue weighted by molar-refractivity contribution is -0.132. The minimum atomic E-state index is -0.846. The second kappa shape index (κ2) is 6.56. The summed E-state index contributed by atoms with van der Waals surface area (Å²) in [5.74, 6) is 1.22. The van der Waals surface area contributed by atoms with Crippen molar-refractivity contribution < 1.29 is 4.79 Å². The summed E-state index contributed by atoms with van der Waals surface area (Å²) in [6, 6.07) is 9.18. The molecule has 3 unspecified atom stereocenters. The first-order valence-electron chi connectivity index (χ1n) is 7.81. The van der Waals surface area contributed by atoms with Gasteiger partial charge in [0.15, 0.2) is 0 Å². The lowest BCUT2D eigenvalue weighted by atomic mass is 9.65. The average molecular weight is 494 g/mol. The Morgan fingerprint density at radius 3 is 2.64 bits per heavy atom. The molecule has 3 atom stereocenters. The van der Waals surface area contributed by atoms with Crippen LogP contribution in [0.25, 0.3) is 0 Å². The van der Waals surface area contributed by atoms with Crippen molar-refractivity contribution in [1.29, 1.82) is 0 Å². The fourth-order valence-corrected chi connectivity index (χ4v) is 5.14. The number of rotatable bonds is 1. The van der Waals surface area contributed by atoms with E-state index < -0.39 is 2.14 Å². The molecule has 0 aliphatic heterocycles. The van der Waals surface area contributed by atoms with Crippen molar-refractivity contribution in [1.82, 2.24) is 4.90 Å². The Hall–Kier alpha value is 0.130. The molecule has 0 aromatic heterocycles. The number of alkyl halides is 3. The molecule has 0 N–H and O–H groups in total. The van der Waals surface area contributed by atoms with Crippen LogP contribution in [0.1, 0.15) is 42.7 Å². The number of carbonyl (C=O) groups excluding carboxylic acids is 1. The third-order valence-electron chi connectivity index (χ3n) is 5.29. The molecule has 2 nitrogen and oxygen atoms in total. The van der Waals surface area contributed by atoms with E-state index in [1.165, 1.54) is 30.4 Å². The fraction of sp³-hybridized carbons (Fsp3) is 0.588. The number of nitrogens with zero attached hydrogens (tertiary/aromatic N) is 1. The van der Waals surface area contributed by atoms with Gasteiger partial charge in [-0.1, -0.05) is 30.7 Å². The number of carbonyl (C=O) groups is 1. The lowest BCUT2D eigenvalue weighted by Crippen LogP contribution is -2.50. The number of amides is 1. The van der Waals surface area contributed by atoms with Gasteiger partial charge in [0.05, 0.1) is 0 Å². The first-order chi connectivity index (χ1) is 10.4. The van der Waals surface area contributed by atoms with Crippen LogP contribution in [0.4, 0.5) is 0 Å². The normalized spacial score (nSPS) is 27.7. The van der Waals surface area contributed by atoms with Crippen molar-refractivity contribution in [3.8, 4) is 0 Å². The van der Waals surface area contributed by atoms with Gasteiger partial charge in [-0.3, -0.25) is 4.79 Å². The zero-order chi connectivity index (χ0) is 15.9. The van der Waals surface area contributed by atoms with Crippen LogP contribution in [-0.2, 0) is 11.2 Å². The van der Waals surface area contributed by atoms with Crippen molar-refractivity contribution in [2.24, 2.45) is 5.92 Å². The molecule has 1 amide bonds. The predicted octanol–water partition coefficient (Wildman–Crippen LogP) is 5.18. The Labute approximate surface area is 157 Å². The predicted molar refractivity (Wildman–Crippen MR) is 101 cm³/mol. The van der Waals surface area contributed by atoms with Crippen LogP contribution in [0.5, 0.6) is 0 Å². The molecule has 120 valence electrons. The molecular formula is C17H20Br3NO. The van der Waals surface area contributed by atoms with E-state index in [0.29, 0.717) is 17.9 Å². The Morgan fingerprint density at radius 1 is 1.18 bits per heavy atom. The highest BCUT2D eigenvalue weighted by atomic mass is 80.0. The average Bonchev–Trinajstić information content (AvgIpc) is 2.51. The standard InChI is InChI=1S/C17H20Br3NO/c1-21(16(22)17(18,19)20)15-8-4-7-13-12-6-3-2-5-11(12)9-10-14(13)15/h2-3,5-6,13-15H,4,7-10H2,1H3. The Balaban J connectivity index is 1.86. The van der Waals surface area contributed by atoms with E-state index >= 15 is 0 Å². The zero-order valence-electron chi connectivity index (χ0n) is 12.6. The van der Waals surface area contributed by atoms with Gasteiger partial charge in [-0.05, 0) is 96.4 Å². The quantitative estimate of drug-likeness (QED) is 0.493. The van der Waals surface area contributed by atoms with Crippen LogP contribution in [-0.4, -0.2) is 26.0 Å². The molecule has 1 aromatic carbocycles. The molecule has 0 heterocycles. The first-order valence-corrected chi connectivity index (χ1v) is 10.2. The number of fused-ring (bicyclic) bond motifs is 3. The summed E-state index contributed by atoms with van der Waals surface area (Å²) in [6.45, 7) is 0. The maximum Gasteiger partial charge on any atom is 0.261 e. The highest BCUT2D eigenvalue weighted by molar-refractivity contribution is 9.40. The number of hydrogen-bond donors (Lipinski definition) is 0. The van der Waals surface area contributed by atoms with E-state index in [0.717, 1.165) is 12.8 Å². The molecule has 1 fully saturated rings. The van der Waals surface area contributed by atoms with Crippen LogP contribution in [0.15, 0.2) is 24.3 Å². The van der Waals surface area contributed by atoms with E-state index in [4.69, 9.17) is 0 Å². The Kier molecular flexibility index (Phi) is 5.06. The van der Waals surface area contributed by atoms with Gasteiger partial charge in [0, 0.05) is 13.1 Å². The minimum Gasteiger partial charge on any atom is -0.340 e. The molecule has 1 aromatic rings. The van der Waals surface area contributed by atoms with Gasteiger partial charge in [0.2, 0.25) is 2.14 Å². The second-order valence-electron chi connectivity index (χ2n) is 6.42. The topological polar surface area (TPSA) is 20.3 Å². The Bertz CT molecular complexity index is 569. The van der Waals surface area contributed by atoms with Gasteiger partial charge >= 0.3 is 0 Å². The van der Waals surface area contributed by atoms with Crippen LogP contribution in [0.3, 0.4) is 0 Å². The largest absolute Gasteiger partial charge is 0.340 e. The highest BCUT2D eigenvalue weighted by Crippen LogP contribution is 2.47. The monoisotopic (exact) mass is 491 g/mol. The molecule has 0 bridgehead atoms. The zero-order valence-corrected chi connectivity index (χ0v) is 17.3. The molecule has 22 heavy (non-hydrogen) atoms. The summed E-state index contributed by atoms with van der Waals surface area (Å²) >= 11 is 10.1. The van der Waals surface area contributed by atoms with Gasteiger partial charge in [-0.25, -0.2) is 0 Å². The van der Waals surface area contributed by atoms with E-state index in [1.54, 1.807) is 0 Å². The van der Waals surface area contributed by atoms with Gasteiger partial charge in [0.25, 0.3) is 5.91 Å². The van der Waals surface area contributed by atoms with Crippen LogP contribution in [0, 0.1) is 5.92 Å². The number of hydrogen-bond acceptors (Lipinski definition) is 1. The number of halogens is 3. The van der Waals surface area contributed by atoms with Gasteiger partial charge in [-0.15, -0.1) is 0 Å². The molecular weight excluding hydrogens is 474 g/mol. The maximum atomic E-state index is 12.6. The number of aryl methyl sites for hydroxylation is 1. The second-order valence-corrected chi connectivity index (χ2v) is 13.2. The van der Waals surface area contributed by atoms with Crippen LogP contribution in [0.2, 0.25) is 0 Å². The molecule has 0 radical (unpaired) electrons. The van der Waals surface area contributed by atoms with E-state index in [-0.39, 0.29) is 5.91 Å². The van der Waals surface area contributed by atoms with Crippen molar-refractivity contribution in [2.45, 2.75) is 46.2 Å². The third-order valence-corrected chi connectivity index (χ3v) is 6.31.